The van der Waals surface area contributed by atoms with Gasteiger partial charge in [-0.3, -0.25) is 0 Å². The Morgan fingerprint density at radius 2 is 1.36 bits per heavy atom. The number of ether oxygens (including phenoxy) is 5. The van der Waals surface area contributed by atoms with E-state index in [1.165, 1.54) is 36.4 Å². The normalized spacial score (nSPS) is 38.5. The number of aliphatic hydroxyl groups excluding tert-OH is 9. The lowest BCUT2D eigenvalue weighted by Crippen LogP contribution is -2.64. The van der Waals surface area contributed by atoms with Crippen LogP contribution in [0.25, 0.3) is 5.76 Å². The van der Waals surface area contributed by atoms with Gasteiger partial charge in [0.1, 0.15) is 60.0 Å². The van der Waals surface area contributed by atoms with E-state index in [-0.39, 0.29) is 34.4 Å². The molecule has 1 unspecified atom stereocenters. The van der Waals surface area contributed by atoms with E-state index in [1.807, 2.05) is 0 Å². The molecule has 0 saturated carbocycles. The summed E-state index contributed by atoms with van der Waals surface area (Å²) >= 11 is 0. The van der Waals surface area contributed by atoms with E-state index in [4.69, 9.17) is 18.9 Å². The lowest BCUT2D eigenvalue weighted by molar-refractivity contribution is -0.363. The fraction of sp³-hybridized carbons (Fsp3) is 0.481. The van der Waals surface area contributed by atoms with Crippen molar-refractivity contribution in [1.29, 1.82) is 0 Å². The number of benzene rings is 1. The van der Waals surface area contributed by atoms with Crippen molar-refractivity contribution in [2.45, 2.75) is 67.5 Å². The molecule has 0 amide bonds. The number of fused-ring (bicyclic) bond motifs is 1. The summed E-state index contributed by atoms with van der Waals surface area (Å²) < 4.78 is 27.5. The van der Waals surface area contributed by atoms with Gasteiger partial charge in [0.2, 0.25) is 18.2 Å². The minimum absolute atomic E-state index is 0.0313. The van der Waals surface area contributed by atoms with Gasteiger partial charge < -0.3 is 74.7 Å². The number of phenolic OH excluding ortho intramolecular Hbond substituents is 1. The standard InChI is InChI=1S/C27H32O15/c28-8-17-19(33)21(35)23(37)26(40-17)42-25-22(36)20(34)18(9-29)41-27(25)39-16-7-13-14(32)5-12(31)6-15(13)38-24(16)10-1-3-11(30)4-2-10/h1-7,15,17-23,25-37H,8-9H2/p+1/t15?,17-,18-,19-,20-,21+,22+,23-,25-,26+,27-/m1/s1. The molecular weight excluding hydrogens is 564 g/mol. The Hall–Kier alpha value is -3.22. The van der Waals surface area contributed by atoms with Gasteiger partial charge in [-0.25, -0.2) is 0 Å². The fourth-order valence-corrected chi connectivity index (χ4v) is 5.03. The van der Waals surface area contributed by atoms with Crippen molar-refractivity contribution < 1.29 is 74.7 Å². The molecule has 15 nitrogen and oxygen atoms in total. The number of hydrogen-bond donors (Lipinski definition) is 10. The Morgan fingerprint density at radius 1 is 0.738 bits per heavy atom. The second-order valence-corrected chi connectivity index (χ2v) is 10.2. The third-order valence-corrected chi connectivity index (χ3v) is 7.36. The van der Waals surface area contributed by atoms with E-state index in [2.05, 4.69) is 4.74 Å². The van der Waals surface area contributed by atoms with Crippen molar-refractivity contribution in [3.8, 4) is 5.75 Å². The Kier molecular flexibility index (Phi) is 8.77. The molecule has 2 fully saturated rings. The summed E-state index contributed by atoms with van der Waals surface area (Å²) in [6.45, 7) is -1.49. The molecule has 2 saturated heterocycles. The van der Waals surface area contributed by atoms with Gasteiger partial charge in [0, 0.05) is 12.2 Å². The van der Waals surface area contributed by atoms with Crippen LogP contribution < -0.4 is 0 Å². The molecule has 1 aromatic rings. The molecule has 0 radical (unpaired) electrons. The Labute approximate surface area is 238 Å². The zero-order valence-corrected chi connectivity index (χ0v) is 21.9. The van der Waals surface area contributed by atoms with Gasteiger partial charge in [-0.05, 0) is 24.3 Å². The summed E-state index contributed by atoms with van der Waals surface area (Å²) in [5.74, 6) is -0.444. The Balaban J connectivity index is 1.51. The highest BCUT2D eigenvalue weighted by molar-refractivity contribution is 5.67. The number of allylic oxidation sites excluding steroid dienone is 2. The monoisotopic (exact) mass is 597 g/mol. The molecule has 3 aliphatic heterocycles. The number of hydrogen-bond acceptors (Lipinski definition) is 14. The van der Waals surface area contributed by atoms with Crippen LogP contribution in [-0.2, 0) is 18.9 Å². The number of rotatable bonds is 7. The summed E-state index contributed by atoms with van der Waals surface area (Å²) in [6.07, 6.45) is -13.5. The van der Waals surface area contributed by atoms with Crippen LogP contribution in [0.1, 0.15) is 5.56 Å². The van der Waals surface area contributed by atoms with Crippen LogP contribution in [0, 0.1) is 0 Å². The highest BCUT2D eigenvalue weighted by atomic mass is 16.8. The first-order valence-corrected chi connectivity index (χ1v) is 13.1. The third kappa shape index (κ3) is 5.71. The maximum Gasteiger partial charge on any atom is 0.305 e. The molecule has 11 atom stereocenters. The first kappa shape index (κ1) is 30.2. The van der Waals surface area contributed by atoms with Crippen LogP contribution in [0.15, 0.2) is 65.3 Å². The van der Waals surface area contributed by atoms with Crippen LogP contribution in [0.2, 0.25) is 0 Å². The van der Waals surface area contributed by atoms with Crippen molar-refractivity contribution in [3.63, 3.8) is 0 Å². The lowest BCUT2D eigenvalue weighted by atomic mass is 9.96. The van der Waals surface area contributed by atoms with E-state index >= 15 is 0 Å². The van der Waals surface area contributed by atoms with Crippen molar-refractivity contribution in [3.05, 3.63) is 70.9 Å². The van der Waals surface area contributed by atoms with Crippen molar-refractivity contribution in [1.82, 2.24) is 0 Å². The van der Waals surface area contributed by atoms with Gasteiger partial charge in [0.15, 0.2) is 12.4 Å². The summed E-state index contributed by atoms with van der Waals surface area (Å²) in [7, 11) is 0. The first-order valence-electron chi connectivity index (χ1n) is 13.1. The predicted octanol–water partition coefficient (Wildman–Crippen LogP) is -2.56. The van der Waals surface area contributed by atoms with E-state index in [9.17, 15) is 51.1 Å². The van der Waals surface area contributed by atoms with Crippen LogP contribution in [0.3, 0.4) is 0 Å². The molecule has 5 rings (SSSR count). The average Bonchev–Trinajstić information content (AvgIpc) is 2.97. The molecule has 15 heteroatoms. The summed E-state index contributed by atoms with van der Waals surface area (Å²) in [5.41, 5.74) is 0.661. The summed E-state index contributed by atoms with van der Waals surface area (Å²) in [4.78, 5) is 0. The first-order chi connectivity index (χ1) is 20.0. The second kappa shape index (κ2) is 12.2. The molecule has 0 bridgehead atoms. The predicted molar refractivity (Wildman–Crippen MR) is 138 cm³/mol. The lowest BCUT2D eigenvalue weighted by Gasteiger charge is -2.45. The van der Waals surface area contributed by atoms with Crippen LogP contribution in [-0.4, -0.2) is 137 Å². The average molecular weight is 598 g/mol. The second-order valence-electron chi connectivity index (χ2n) is 10.2. The molecule has 0 aromatic heterocycles. The van der Waals surface area contributed by atoms with E-state index in [0.29, 0.717) is 5.56 Å². The van der Waals surface area contributed by atoms with Gasteiger partial charge in [0.05, 0.1) is 30.4 Å². The zero-order chi connectivity index (χ0) is 30.3. The number of aromatic hydroxyl groups is 1. The van der Waals surface area contributed by atoms with Gasteiger partial charge in [-0.1, -0.05) is 0 Å². The van der Waals surface area contributed by atoms with Crippen LogP contribution in [0.5, 0.6) is 5.75 Å². The summed E-state index contributed by atoms with van der Waals surface area (Å²) in [6, 6.07) is 5.84. The third-order valence-electron chi connectivity index (χ3n) is 7.36. The quantitative estimate of drug-likeness (QED) is 0.145. The summed E-state index contributed by atoms with van der Waals surface area (Å²) in [5, 5.41) is 102. The molecule has 1 aromatic carbocycles. The van der Waals surface area contributed by atoms with Crippen LogP contribution >= 0.6 is 0 Å². The van der Waals surface area contributed by atoms with Crippen LogP contribution in [0.4, 0.5) is 0 Å². The Bertz CT molecular complexity index is 1250. The zero-order valence-electron chi connectivity index (χ0n) is 21.9. The Morgan fingerprint density at radius 3 is 2.00 bits per heavy atom. The largest absolute Gasteiger partial charge is 0.571 e. The minimum Gasteiger partial charge on any atom is -0.571 e. The smallest absolute Gasteiger partial charge is 0.305 e. The van der Waals surface area contributed by atoms with E-state index < -0.39 is 80.7 Å². The van der Waals surface area contributed by atoms with Crippen molar-refractivity contribution >= 4 is 5.76 Å². The number of phenols is 1. The van der Waals surface area contributed by atoms with Gasteiger partial charge in [-0.2, -0.15) is 0 Å². The molecule has 3 heterocycles. The molecule has 4 aliphatic rings. The van der Waals surface area contributed by atoms with Gasteiger partial charge in [-0.15, -0.1) is 0 Å². The minimum atomic E-state index is -1.86. The highest BCUT2D eigenvalue weighted by Gasteiger charge is 2.52. The molecule has 230 valence electrons. The van der Waals surface area contributed by atoms with E-state index in [0.717, 1.165) is 6.08 Å². The molecular formula is C27H33O15+. The topological polar surface area (TPSA) is 252 Å². The van der Waals surface area contributed by atoms with Gasteiger partial charge >= 0.3 is 5.76 Å². The molecule has 11 N–H and O–H groups in total. The van der Waals surface area contributed by atoms with Crippen molar-refractivity contribution in [2.24, 2.45) is 0 Å². The highest BCUT2D eigenvalue weighted by Crippen LogP contribution is 2.37. The molecule has 1 aliphatic carbocycles. The fourth-order valence-electron chi connectivity index (χ4n) is 5.03. The SMILES string of the molecule is OC[C@H]1O[C@@H](O[C@H]2[C@H](OC3=C(c4ccc(O)cc4)[OH+]C4C=C(O)C=C(O)C4=C3)O[C@H](CO)[C@@H](O)[C@@H]2O)[C@H](O)[C@@H](O)[C@@H]1O. The maximum absolute atomic E-state index is 11.0. The molecule has 42 heavy (non-hydrogen) atoms. The van der Waals surface area contributed by atoms with Gasteiger partial charge in [0.25, 0.3) is 0 Å². The van der Waals surface area contributed by atoms with Crippen molar-refractivity contribution in [2.75, 3.05) is 13.2 Å². The molecule has 0 spiro atoms. The van der Waals surface area contributed by atoms with E-state index in [1.54, 1.807) is 0 Å². The number of aliphatic hydroxyl groups is 11. The maximum atomic E-state index is 11.0.